The van der Waals surface area contributed by atoms with E-state index in [9.17, 15) is 14.4 Å². The van der Waals surface area contributed by atoms with Crippen LogP contribution < -0.4 is 15.5 Å². The van der Waals surface area contributed by atoms with Crippen LogP contribution in [0.5, 0.6) is 0 Å². The zero-order chi connectivity index (χ0) is 24.6. The number of hydrogen-bond donors (Lipinski definition) is 2. The monoisotopic (exact) mass is 533 g/mol. The van der Waals surface area contributed by atoms with Gasteiger partial charge in [0.25, 0.3) is 17.7 Å². The van der Waals surface area contributed by atoms with Crippen molar-refractivity contribution in [2.24, 2.45) is 0 Å². The van der Waals surface area contributed by atoms with Gasteiger partial charge < -0.3 is 10.6 Å². The van der Waals surface area contributed by atoms with Crippen LogP contribution in [0.25, 0.3) is 0 Å². The number of amides is 3. The highest BCUT2D eigenvalue weighted by molar-refractivity contribution is 6.54. The van der Waals surface area contributed by atoms with Crippen LogP contribution in [0.3, 0.4) is 0 Å². The molecular formula is C24H15Cl4N3O3. The molecule has 6 nitrogen and oxygen atoms in total. The Morgan fingerprint density at radius 3 is 2.29 bits per heavy atom. The van der Waals surface area contributed by atoms with Gasteiger partial charge in [-0.05, 0) is 61.0 Å². The summed E-state index contributed by atoms with van der Waals surface area (Å²) in [6.07, 6.45) is 0. The molecule has 10 heteroatoms. The standard InChI is InChI=1S/C24H15Cl4N3O3/c1-12-5-8-14(25)11-17(12)30-22(32)13-6-9-15(10-7-13)29-21-20(28)23(33)31(24(21)34)18-4-2-3-16(26)19(18)27/h2-11,29H,1H3,(H,30,32). The first kappa shape index (κ1) is 24.1. The number of hydrogen-bond acceptors (Lipinski definition) is 4. The average molecular weight is 535 g/mol. The van der Waals surface area contributed by atoms with Gasteiger partial charge in [0.2, 0.25) is 0 Å². The number of carbonyl (C=O) groups excluding carboxylic acids is 3. The van der Waals surface area contributed by atoms with Gasteiger partial charge >= 0.3 is 0 Å². The number of benzene rings is 3. The van der Waals surface area contributed by atoms with E-state index in [2.05, 4.69) is 10.6 Å². The summed E-state index contributed by atoms with van der Waals surface area (Å²) in [6.45, 7) is 1.86. The predicted molar refractivity (Wildman–Crippen MR) is 136 cm³/mol. The molecule has 4 rings (SSSR count). The second-order valence-electron chi connectivity index (χ2n) is 7.32. The lowest BCUT2D eigenvalue weighted by Crippen LogP contribution is -2.32. The zero-order valence-electron chi connectivity index (χ0n) is 17.5. The van der Waals surface area contributed by atoms with Crippen molar-refractivity contribution in [2.75, 3.05) is 15.5 Å². The lowest BCUT2D eigenvalue weighted by atomic mass is 10.1. The lowest BCUT2D eigenvalue weighted by Gasteiger charge is -2.17. The van der Waals surface area contributed by atoms with Crippen molar-refractivity contribution in [1.82, 2.24) is 0 Å². The number of rotatable bonds is 5. The van der Waals surface area contributed by atoms with Crippen LogP contribution in [-0.2, 0) is 9.59 Å². The molecule has 0 radical (unpaired) electrons. The Hall–Kier alpha value is -3.03. The third-order valence-electron chi connectivity index (χ3n) is 5.06. The van der Waals surface area contributed by atoms with Crippen molar-refractivity contribution in [3.8, 4) is 0 Å². The van der Waals surface area contributed by atoms with Crippen molar-refractivity contribution < 1.29 is 14.4 Å². The van der Waals surface area contributed by atoms with Crippen molar-refractivity contribution in [2.45, 2.75) is 6.92 Å². The van der Waals surface area contributed by atoms with Gasteiger partial charge in [0.1, 0.15) is 10.7 Å². The van der Waals surface area contributed by atoms with Gasteiger partial charge in [-0.25, -0.2) is 4.90 Å². The molecule has 0 atom stereocenters. The molecule has 1 heterocycles. The van der Waals surface area contributed by atoms with Crippen LogP contribution in [0, 0.1) is 6.92 Å². The summed E-state index contributed by atoms with van der Waals surface area (Å²) in [6, 6.07) is 16.1. The van der Waals surface area contributed by atoms with Crippen LogP contribution >= 0.6 is 46.4 Å². The number of imide groups is 1. The normalized spacial score (nSPS) is 13.5. The fraction of sp³-hybridized carbons (Fsp3) is 0.0417. The van der Waals surface area contributed by atoms with Gasteiger partial charge in [0.15, 0.2) is 0 Å². The van der Waals surface area contributed by atoms with Gasteiger partial charge in [-0.3, -0.25) is 14.4 Å². The number of nitrogens with one attached hydrogen (secondary N) is 2. The summed E-state index contributed by atoms with van der Waals surface area (Å²) >= 11 is 24.4. The van der Waals surface area contributed by atoms with Crippen LogP contribution in [0.2, 0.25) is 15.1 Å². The fourth-order valence-corrected chi connectivity index (χ4v) is 4.03. The molecule has 0 saturated heterocycles. The smallest absolute Gasteiger partial charge is 0.283 e. The first-order valence-electron chi connectivity index (χ1n) is 9.84. The van der Waals surface area contributed by atoms with Crippen molar-refractivity contribution >= 4 is 81.2 Å². The average Bonchev–Trinajstić information content (AvgIpc) is 3.02. The molecule has 0 spiro atoms. The van der Waals surface area contributed by atoms with Crippen molar-refractivity contribution in [3.05, 3.63) is 97.6 Å². The first-order chi connectivity index (χ1) is 16.2. The molecule has 1 aliphatic rings. The minimum absolute atomic E-state index is 0.0573. The predicted octanol–water partition coefficient (Wildman–Crippen LogP) is 6.64. The summed E-state index contributed by atoms with van der Waals surface area (Å²) < 4.78 is 0. The van der Waals surface area contributed by atoms with Gasteiger partial charge in [0, 0.05) is 22.0 Å². The van der Waals surface area contributed by atoms with E-state index >= 15 is 0 Å². The third-order valence-corrected chi connectivity index (χ3v) is 6.46. The third kappa shape index (κ3) is 4.63. The summed E-state index contributed by atoms with van der Waals surface area (Å²) in [5.74, 6) is -1.74. The lowest BCUT2D eigenvalue weighted by molar-refractivity contribution is -0.120. The Kier molecular flexibility index (Phi) is 6.86. The van der Waals surface area contributed by atoms with Gasteiger partial charge in [0.05, 0.1) is 15.7 Å². The molecule has 2 N–H and O–H groups in total. The van der Waals surface area contributed by atoms with Crippen LogP contribution in [-0.4, -0.2) is 17.7 Å². The van der Waals surface area contributed by atoms with Crippen LogP contribution in [0.4, 0.5) is 17.1 Å². The topological polar surface area (TPSA) is 78.5 Å². The van der Waals surface area contributed by atoms with Gasteiger partial charge in [-0.1, -0.05) is 58.5 Å². The fourth-order valence-electron chi connectivity index (χ4n) is 3.27. The Balaban J connectivity index is 1.51. The molecule has 1 aliphatic heterocycles. The summed E-state index contributed by atoms with van der Waals surface area (Å²) in [7, 11) is 0. The molecule has 0 bridgehead atoms. The molecule has 172 valence electrons. The minimum atomic E-state index is -0.730. The highest BCUT2D eigenvalue weighted by atomic mass is 35.5. The van der Waals surface area contributed by atoms with E-state index in [0.29, 0.717) is 22.0 Å². The highest BCUT2D eigenvalue weighted by Gasteiger charge is 2.40. The maximum Gasteiger partial charge on any atom is 0.283 e. The SMILES string of the molecule is Cc1ccc(Cl)cc1NC(=O)c1ccc(NC2=C(Cl)C(=O)N(c3cccc(Cl)c3Cl)C2=O)cc1. The summed E-state index contributed by atoms with van der Waals surface area (Å²) in [4.78, 5) is 39.1. The molecule has 0 aliphatic carbocycles. The van der Waals surface area contributed by atoms with E-state index in [1.54, 1.807) is 42.5 Å². The molecule has 0 fully saturated rings. The summed E-state index contributed by atoms with van der Waals surface area (Å²) in [5, 5.41) is 6.13. The molecule has 34 heavy (non-hydrogen) atoms. The first-order valence-corrected chi connectivity index (χ1v) is 11.4. The Labute approximate surface area is 215 Å². The molecule has 3 aromatic rings. The Morgan fingerprint density at radius 2 is 1.59 bits per heavy atom. The maximum absolute atomic E-state index is 13.0. The van der Waals surface area contributed by atoms with E-state index in [1.165, 1.54) is 12.1 Å². The number of aryl methyl sites for hydroxylation is 1. The van der Waals surface area contributed by atoms with Gasteiger partial charge in [-0.2, -0.15) is 0 Å². The van der Waals surface area contributed by atoms with Crippen molar-refractivity contribution in [3.63, 3.8) is 0 Å². The molecular weight excluding hydrogens is 520 g/mol. The van der Waals surface area contributed by atoms with E-state index in [0.717, 1.165) is 10.5 Å². The largest absolute Gasteiger partial charge is 0.350 e. The molecule has 0 saturated carbocycles. The maximum atomic E-state index is 13.0. The zero-order valence-corrected chi connectivity index (χ0v) is 20.5. The van der Waals surface area contributed by atoms with Crippen molar-refractivity contribution in [1.29, 1.82) is 0 Å². The highest BCUT2D eigenvalue weighted by Crippen LogP contribution is 2.37. The minimum Gasteiger partial charge on any atom is -0.350 e. The second kappa shape index (κ2) is 9.68. The van der Waals surface area contributed by atoms with E-state index in [-0.39, 0.29) is 32.4 Å². The second-order valence-corrected chi connectivity index (χ2v) is 8.92. The van der Waals surface area contributed by atoms with E-state index in [1.807, 2.05) is 13.0 Å². The van der Waals surface area contributed by atoms with Crippen LogP contribution in [0.1, 0.15) is 15.9 Å². The number of nitrogens with zero attached hydrogens (tertiary/aromatic N) is 1. The summed E-state index contributed by atoms with van der Waals surface area (Å²) in [5.41, 5.74) is 2.31. The van der Waals surface area contributed by atoms with E-state index in [4.69, 9.17) is 46.4 Å². The van der Waals surface area contributed by atoms with E-state index < -0.39 is 11.8 Å². The number of halogens is 4. The Bertz CT molecular complexity index is 1370. The van der Waals surface area contributed by atoms with Crippen LogP contribution in [0.15, 0.2) is 71.4 Å². The Morgan fingerprint density at radius 1 is 0.882 bits per heavy atom. The molecule has 3 amide bonds. The number of anilines is 3. The molecule has 0 aromatic heterocycles. The quantitative estimate of drug-likeness (QED) is 0.359. The van der Waals surface area contributed by atoms with Gasteiger partial charge in [-0.15, -0.1) is 0 Å². The number of carbonyl (C=O) groups is 3. The molecule has 0 unspecified atom stereocenters. The molecule has 3 aromatic carbocycles.